The van der Waals surface area contributed by atoms with Gasteiger partial charge in [-0.05, 0) is 35.4 Å². The van der Waals surface area contributed by atoms with Crippen LogP contribution in [0.2, 0.25) is 0 Å². The Morgan fingerprint density at radius 3 is 1.22 bits per heavy atom. The van der Waals surface area contributed by atoms with Crippen molar-refractivity contribution in [3.63, 3.8) is 0 Å². The molecule has 0 saturated carbocycles. The van der Waals surface area contributed by atoms with Gasteiger partial charge < -0.3 is 21.7 Å². The van der Waals surface area contributed by atoms with E-state index in [0.29, 0.717) is 12.1 Å². The molecule has 0 amide bonds. The molecular weight excluding hydrogens is 378 g/mol. The van der Waals surface area contributed by atoms with Crippen LogP contribution in [0.25, 0.3) is 0 Å². The molecule has 0 unspecified atom stereocenters. The molecule has 0 saturated heterocycles. The highest BCUT2D eigenvalue weighted by atomic mass is 19.4. The van der Waals surface area contributed by atoms with Gasteiger partial charge in [-0.15, -0.1) is 0 Å². The summed E-state index contributed by atoms with van der Waals surface area (Å²) in [5.74, 6) is -2.33. The molecule has 2 aromatic rings. The van der Waals surface area contributed by atoms with Gasteiger partial charge in [0.25, 0.3) is 0 Å². The lowest BCUT2D eigenvalue weighted by atomic mass is 9.76. The summed E-state index contributed by atoms with van der Waals surface area (Å²) in [4.78, 5) is 0. The quantitative estimate of drug-likeness (QED) is 0.340. The predicted octanol–water partition coefficient (Wildman–Crippen LogP) is 4.63. The van der Waals surface area contributed by atoms with Gasteiger partial charge in [0, 0.05) is 5.41 Å². The van der Waals surface area contributed by atoms with Gasteiger partial charge in [0.15, 0.2) is 11.5 Å². The van der Waals surface area contributed by atoms with Crippen molar-refractivity contribution < 1.29 is 36.6 Å². The molecule has 27 heavy (non-hydrogen) atoms. The number of alkyl halides is 6. The molecule has 0 aliphatic rings. The molecule has 2 rings (SSSR count). The van der Waals surface area contributed by atoms with Gasteiger partial charge in [-0.25, -0.2) is 0 Å². The second-order valence-corrected chi connectivity index (χ2v) is 6.54. The Hall–Kier alpha value is -2.78. The molecule has 0 atom stereocenters. The SMILES string of the molecule is CC(C)(c1cc(N)c(O)c(C(F)(F)F)c1)c1cc(N)c(O)c(C(F)(F)F)c1. The third-order valence-electron chi connectivity index (χ3n) is 4.33. The lowest BCUT2D eigenvalue weighted by Gasteiger charge is -2.29. The Labute approximate surface area is 150 Å². The van der Waals surface area contributed by atoms with E-state index in [-0.39, 0.29) is 11.1 Å². The van der Waals surface area contributed by atoms with Crippen LogP contribution in [0, 0.1) is 0 Å². The zero-order valence-corrected chi connectivity index (χ0v) is 14.1. The van der Waals surface area contributed by atoms with Crippen LogP contribution in [-0.2, 0) is 17.8 Å². The fourth-order valence-electron chi connectivity index (χ4n) is 2.63. The van der Waals surface area contributed by atoms with Crippen LogP contribution < -0.4 is 11.5 Å². The van der Waals surface area contributed by atoms with E-state index in [2.05, 4.69) is 0 Å². The van der Waals surface area contributed by atoms with Crippen molar-refractivity contribution >= 4 is 11.4 Å². The first-order valence-corrected chi connectivity index (χ1v) is 7.47. The molecule has 0 fully saturated rings. The van der Waals surface area contributed by atoms with Gasteiger partial charge in [-0.1, -0.05) is 13.8 Å². The monoisotopic (exact) mass is 394 g/mol. The van der Waals surface area contributed by atoms with Gasteiger partial charge >= 0.3 is 12.4 Å². The van der Waals surface area contributed by atoms with E-state index >= 15 is 0 Å². The van der Waals surface area contributed by atoms with E-state index in [0.717, 1.165) is 12.1 Å². The highest BCUT2D eigenvalue weighted by Gasteiger charge is 2.39. The van der Waals surface area contributed by atoms with Gasteiger partial charge in [-0.3, -0.25) is 0 Å². The van der Waals surface area contributed by atoms with Crippen molar-refractivity contribution in [3.8, 4) is 11.5 Å². The first-order chi connectivity index (χ1) is 12.1. The largest absolute Gasteiger partial charge is 0.505 e. The number of nitrogen functional groups attached to an aromatic ring is 2. The van der Waals surface area contributed by atoms with Crippen molar-refractivity contribution in [3.05, 3.63) is 46.5 Å². The van der Waals surface area contributed by atoms with E-state index in [4.69, 9.17) is 11.5 Å². The summed E-state index contributed by atoms with van der Waals surface area (Å²) in [6.45, 7) is 2.73. The third kappa shape index (κ3) is 3.69. The topological polar surface area (TPSA) is 92.5 Å². The van der Waals surface area contributed by atoms with Crippen LogP contribution >= 0.6 is 0 Å². The van der Waals surface area contributed by atoms with Gasteiger partial charge in [0.1, 0.15) is 0 Å². The first-order valence-electron chi connectivity index (χ1n) is 7.47. The molecule has 148 valence electrons. The van der Waals surface area contributed by atoms with Crippen molar-refractivity contribution in [2.24, 2.45) is 0 Å². The highest BCUT2D eigenvalue weighted by Crippen LogP contribution is 2.46. The molecule has 0 bridgehead atoms. The molecule has 0 heterocycles. The van der Waals surface area contributed by atoms with E-state index < -0.39 is 51.8 Å². The maximum Gasteiger partial charge on any atom is 0.420 e. The number of hydrogen-bond donors (Lipinski definition) is 4. The van der Waals surface area contributed by atoms with Gasteiger partial charge in [0.05, 0.1) is 22.5 Å². The molecule has 6 N–H and O–H groups in total. The summed E-state index contributed by atoms with van der Waals surface area (Å²) >= 11 is 0. The number of phenolic OH excluding ortho intramolecular Hbond substituents is 2. The minimum absolute atomic E-state index is 0.0941. The van der Waals surface area contributed by atoms with Crippen LogP contribution in [0.3, 0.4) is 0 Å². The zero-order valence-electron chi connectivity index (χ0n) is 14.1. The average molecular weight is 394 g/mol. The average Bonchev–Trinajstić information content (AvgIpc) is 2.49. The number of hydrogen-bond acceptors (Lipinski definition) is 4. The number of phenols is 2. The summed E-state index contributed by atoms with van der Waals surface area (Å²) in [5, 5.41) is 19.2. The molecule has 2 aromatic carbocycles. The number of nitrogens with two attached hydrogens (primary N) is 2. The predicted molar refractivity (Wildman–Crippen MR) is 87.2 cm³/mol. The Kier molecular flexibility index (Phi) is 4.67. The Bertz CT molecular complexity index is 817. The van der Waals surface area contributed by atoms with Crippen molar-refractivity contribution in [2.45, 2.75) is 31.6 Å². The number of halogens is 6. The van der Waals surface area contributed by atoms with E-state index in [9.17, 15) is 36.6 Å². The Morgan fingerprint density at radius 2 is 0.963 bits per heavy atom. The molecular formula is C17H16F6N2O2. The Morgan fingerprint density at radius 1 is 0.667 bits per heavy atom. The number of aromatic hydroxyl groups is 2. The normalized spacial score (nSPS) is 13.0. The standard InChI is InChI=1S/C17H16F6N2O2/c1-15(2,7-3-9(16(18,19)20)13(26)11(24)5-7)8-4-10(17(21,22)23)14(27)12(25)6-8/h3-6,26-27H,24-25H2,1-2H3. The van der Waals surface area contributed by atoms with Crippen LogP contribution in [0.5, 0.6) is 11.5 Å². The summed E-state index contributed by atoms with van der Waals surface area (Å²) in [5.41, 5.74) is 5.34. The Balaban J connectivity index is 2.74. The fraction of sp³-hybridized carbons (Fsp3) is 0.294. The number of benzene rings is 2. The first kappa shape index (κ1) is 20.5. The molecule has 10 heteroatoms. The van der Waals surface area contributed by atoms with Crippen LogP contribution in [0.15, 0.2) is 24.3 Å². The number of anilines is 2. The molecule has 0 spiro atoms. The van der Waals surface area contributed by atoms with Gasteiger partial charge in [-0.2, -0.15) is 26.3 Å². The molecule has 0 aliphatic carbocycles. The van der Waals surface area contributed by atoms with E-state index in [1.54, 1.807) is 0 Å². The van der Waals surface area contributed by atoms with E-state index in [1.165, 1.54) is 13.8 Å². The smallest absolute Gasteiger partial charge is 0.420 e. The van der Waals surface area contributed by atoms with E-state index in [1.807, 2.05) is 0 Å². The van der Waals surface area contributed by atoms with Gasteiger partial charge in [0.2, 0.25) is 0 Å². The molecule has 0 radical (unpaired) electrons. The summed E-state index contributed by atoms with van der Waals surface area (Å²) in [6, 6.07) is 3.31. The lowest BCUT2D eigenvalue weighted by Crippen LogP contribution is -2.22. The molecule has 0 aliphatic heterocycles. The molecule has 0 aromatic heterocycles. The second kappa shape index (κ2) is 6.14. The van der Waals surface area contributed by atoms with Crippen LogP contribution in [0.1, 0.15) is 36.1 Å². The number of rotatable bonds is 2. The fourth-order valence-corrected chi connectivity index (χ4v) is 2.63. The summed E-state index contributed by atoms with van der Waals surface area (Å²) in [6.07, 6.45) is -9.84. The molecule has 4 nitrogen and oxygen atoms in total. The van der Waals surface area contributed by atoms with Crippen LogP contribution in [0.4, 0.5) is 37.7 Å². The zero-order chi connectivity index (χ0) is 20.9. The summed E-state index contributed by atoms with van der Waals surface area (Å²) in [7, 11) is 0. The minimum Gasteiger partial charge on any atom is -0.505 e. The summed E-state index contributed by atoms with van der Waals surface area (Å²) < 4.78 is 78.7. The third-order valence-corrected chi connectivity index (χ3v) is 4.33. The lowest BCUT2D eigenvalue weighted by molar-refractivity contribution is -0.139. The van der Waals surface area contributed by atoms with Crippen molar-refractivity contribution in [1.29, 1.82) is 0 Å². The maximum atomic E-state index is 13.1. The second-order valence-electron chi connectivity index (χ2n) is 6.54. The van der Waals surface area contributed by atoms with Crippen molar-refractivity contribution in [1.82, 2.24) is 0 Å². The maximum absolute atomic E-state index is 13.1. The minimum atomic E-state index is -4.92. The van der Waals surface area contributed by atoms with Crippen LogP contribution in [-0.4, -0.2) is 10.2 Å². The highest BCUT2D eigenvalue weighted by molar-refractivity contribution is 5.64. The van der Waals surface area contributed by atoms with Crippen molar-refractivity contribution in [2.75, 3.05) is 11.5 Å².